The first-order valence-corrected chi connectivity index (χ1v) is 5.85. The molecule has 11 heavy (non-hydrogen) atoms. The van der Waals surface area contributed by atoms with E-state index in [9.17, 15) is 0 Å². The van der Waals surface area contributed by atoms with Crippen LogP contribution in [0.3, 0.4) is 0 Å². The van der Waals surface area contributed by atoms with Crippen molar-refractivity contribution >= 4 is 11.8 Å². The van der Waals surface area contributed by atoms with Crippen LogP contribution in [0.25, 0.3) is 0 Å². The predicted octanol–water partition coefficient (Wildman–Crippen LogP) is 3.49. The summed E-state index contributed by atoms with van der Waals surface area (Å²) in [5.41, 5.74) is 5.23. The van der Waals surface area contributed by atoms with E-state index in [1.54, 1.807) is 0 Å². The van der Waals surface area contributed by atoms with Crippen LogP contribution in [-0.2, 0) is 0 Å². The fraction of sp³-hybridized carbons (Fsp3) is 1.00. The van der Waals surface area contributed by atoms with Crippen molar-refractivity contribution in [3.63, 3.8) is 0 Å². The maximum absolute atomic E-state index is 5.23. The molecule has 2 N–H and O–H groups in total. The van der Waals surface area contributed by atoms with Crippen molar-refractivity contribution in [3.05, 3.63) is 0 Å². The molecule has 0 fully saturated rings. The van der Waals surface area contributed by atoms with Gasteiger partial charge in [0.2, 0.25) is 0 Å². The molecule has 0 aliphatic rings. The summed E-state index contributed by atoms with van der Waals surface area (Å²) in [6.45, 7) is 10.2. The summed E-state index contributed by atoms with van der Waals surface area (Å²) in [6, 6.07) is 0. The van der Waals surface area contributed by atoms with Crippen molar-refractivity contribution in [2.24, 2.45) is 5.73 Å². The van der Waals surface area contributed by atoms with Gasteiger partial charge in [0.05, 0.1) is 0 Å². The Kier molecular flexibility index (Phi) is 50.2. The van der Waals surface area contributed by atoms with Crippen LogP contribution >= 0.6 is 11.8 Å². The van der Waals surface area contributed by atoms with Crippen LogP contribution < -0.4 is 5.73 Å². The standard InChI is InChI=1S/C5H13NS.2C2H6/c1-2-3-4-7-5-6;2*1-2/h2-6H2,1H3;2*1-2H3. The fourth-order valence-corrected chi connectivity index (χ4v) is 0.989. The molecule has 0 bridgehead atoms. The average Bonchev–Trinajstić information content (AvgIpc) is 2.13. The summed E-state index contributed by atoms with van der Waals surface area (Å²) in [5, 5.41) is 0. The maximum atomic E-state index is 5.23. The van der Waals surface area contributed by atoms with E-state index in [1.165, 1.54) is 18.6 Å². The second-order valence-electron chi connectivity index (χ2n) is 1.43. The van der Waals surface area contributed by atoms with Crippen molar-refractivity contribution in [2.45, 2.75) is 47.5 Å². The maximum Gasteiger partial charge on any atom is 0.0392 e. The summed E-state index contributed by atoms with van der Waals surface area (Å²) in [6.07, 6.45) is 2.59. The van der Waals surface area contributed by atoms with Gasteiger partial charge in [-0.05, 0) is 12.2 Å². The van der Waals surface area contributed by atoms with Crippen LogP contribution in [0, 0.1) is 0 Å². The van der Waals surface area contributed by atoms with Crippen molar-refractivity contribution in [3.8, 4) is 0 Å². The van der Waals surface area contributed by atoms with Gasteiger partial charge in [0.25, 0.3) is 0 Å². The van der Waals surface area contributed by atoms with Gasteiger partial charge in [-0.2, -0.15) is 0 Å². The van der Waals surface area contributed by atoms with E-state index in [-0.39, 0.29) is 0 Å². The van der Waals surface area contributed by atoms with Crippen LogP contribution in [0.1, 0.15) is 47.5 Å². The number of hydrogen-bond donors (Lipinski definition) is 1. The lowest BCUT2D eigenvalue weighted by Crippen LogP contribution is -1.93. The Hall–Kier alpha value is 0.310. The van der Waals surface area contributed by atoms with Crippen LogP contribution in [-0.4, -0.2) is 11.6 Å². The lowest BCUT2D eigenvalue weighted by molar-refractivity contribution is 0.896. The molecule has 0 aliphatic heterocycles. The third kappa shape index (κ3) is 38.3. The molecule has 0 amide bonds. The Labute approximate surface area is 77.1 Å². The number of rotatable bonds is 4. The molecule has 0 spiro atoms. The monoisotopic (exact) mass is 179 g/mol. The molecule has 0 aromatic carbocycles. The Morgan fingerprint density at radius 3 is 1.82 bits per heavy atom. The molecule has 0 heterocycles. The Balaban J connectivity index is -0.000000138. The molecule has 0 aromatic rings. The van der Waals surface area contributed by atoms with Gasteiger partial charge in [-0.15, -0.1) is 11.8 Å². The molecular formula is C9H25NS. The molecular weight excluding hydrogens is 154 g/mol. The Morgan fingerprint density at radius 2 is 1.55 bits per heavy atom. The van der Waals surface area contributed by atoms with Gasteiger partial charge in [-0.1, -0.05) is 41.0 Å². The third-order valence-electron chi connectivity index (χ3n) is 0.760. The fourth-order valence-electron chi connectivity index (χ4n) is 0.330. The normalized spacial score (nSPS) is 7.09. The molecule has 2 heteroatoms. The van der Waals surface area contributed by atoms with E-state index in [4.69, 9.17) is 5.73 Å². The van der Waals surface area contributed by atoms with Crippen LogP contribution in [0.4, 0.5) is 0 Å². The van der Waals surface area contributed by atoms with Gasteiger partial charge in [-0.3, -0.25) is 0 Å². The van der Waals surface area contributed by atoms with Gasteiger partial charge in [-0.25, -0.2) is 0 Å². The molecule has 0 radical (unpaired) electrons. The van der Waals surface area contributed by atoms with Crippen molar-refractivity contribution in [2.75, 3.05) is 11.6 Å². The van der Waals surface area contributed by atoms with Crippen molar-refractivity contribution in [1.29, 1.82) is 0 Å². The van der Waals surface area contributed by atoms with Crippen molar-refractivity contribution < 1.29 is 0 Å². The SMILES string of the molecule is CC.CC.CCCCSCN. The van der Waals surface area contributed by atoms with Crippen molar-refractivity contribution in [1.82, 2.24) is 0 Å². The first kappa shape index (κ1) is 17.4. The minimum Gasteiger partial charge on any atom is -0.322 e. The Bertz CT molecular complexity index is 28.7. The molecule has 0 saturated carbocycles. The molecule has 0 rings (SSSR count). The second kappa shape index (κ2) is 31.7. The van der Waals surface area contributed by atoms with Crippen LogP contribution in [0.2, 0.25) is 0 Å². The summed E-state index contributed by atoms with van der Waals surface area (Å²) in [4.78, 5) is 0. The number of thioether (sulfide) groups is 1. The number of nitrogens with two attached hydrogens (primary N) is 1. The minimum absolute atomic E-state index is 0.778. The van der Waals surface area contributed by atoms with E-state index in [0.29, 0.717) is 0 Å². The molecule has 1 nitrogen and oxygen atoms in total. The van der Waals surface area contributed by atoms with Gasteiger partial charge < -0.3 is 5.73 Å². The molecule has 0 saturated heterocycles. The highest BCUT2D eigenvalue weighted by atomic mass is 32.2. The quantitative estimate of drug-likeness (QED) is 0.528. The van der Waals surface area contributed by atoms with Gasteiger partial charge in [0.15, 0.2) is 0 Å². The lowest BCUT2D eigenvalue weighted by atomic mass is 10.4. The zero-order valence-electron chi connectivity index (χ0n) is 8.81. The lowest BCUT2D eigenvalue weighted by Gasteiger charge is -1.91. The van der Waals surface area contributed by atoms with Crippen LogP contribution in [0.5, 0.6) is 0 Å². The van der Waals surface area contributed by atoms with Gasteiger partial charge >= 0.3 is 0 Å². The third-order valence-corrected chi connectivity index (χ3v) is 1.57. The predicted molar refractivity (Wildman–Crippen MR) is 59.1 cm³/mol. The molecule has 0 unspecified atom stereocenters. The summed E-state index contributed by atoms with van der Waals surface area (Å²) >= 11 is 1.81. The van der Waals surface area contributed by atoms with E-state index in [1.807, 2.05) is 39.5 Å². The number of hydrogen-bond acceptors (Lipinski definition) is 2. The highest BCUT2D eigenvalue weighted by Crippen LogP contribution is 1.99. The number of unbranched alkanes of at least 4 members (excludes halogenated alkanes) is 1. The molecule has 72 valence electrons. The highest BCUT2D eigenvalue weighted by Gasteiger charge is 1.80. The Morgan fingerprint density at radius 1 is 1.09 bits per heavy atom. The zero-order chi connectivity index (χ0) is 9.54. The highest BCUT2D eigenvalue weighted by molar-refractivity contribution is 7.99. The van der Waals surface area contributed by atoms with E-state index in [0.717, 1.165) is 5.88 Å². The average molecular weight is 179 g/mol. The second-order valence-corrected chi connectivity index (χ2v) is 2.58. The zero-order valence-corrected chi connectivity index (χ0v) is 9.63. The van der Waals surface area contributed by atoms with Crippen LogP contribution in [0.15, 0.2) is 0 Å². The summed E-state index contributed by atoms with van der Waals surface area (Å²) < 4.78 is 0. The summed E-state index contributed by atoms with van der Waals surface area (Å²) in [5.74, 6) is 2.01. The van der Waals surface area contributed by atoms with E-state index in [2.05, 4.69) is 6.92 Å². The molecule has 0 atom stereocenters. The first-order chi connectivity index (χ1) is 5.41. The minimum atomic E-state index is 0.778. The largest absolute Gasteiger partial charge is 0.322 e. The van der Waals surface area contributed by atoms with E-state index < -0.39 is 0 Å². The molecule has 0 aromatic heterocycles. The van der Waals surface area contributed by atoms with Gasteiger partial charge in [0, 0.05) is 5.88 Å². The smallest absolute Gasteiger partial charge is 0.0392 e. The van der Waals surface area contributed by atoms with Gasteiger partial charge in [0.1, 0.15) is 0 Å². The molecule has 0 aliphatic carbocycles. The van der Waals surface area contributed by atoms with E-state index >= 15 is 0 Å². The topological polar surface area (TPSA) is 26.0 Å². The first-order valence-electron chi connectivity index (χ1n) is 4.69. The summed E-state index contributed by atoms with van der Waals surface area (Å²) in [7, 11) is 0.